The molecule has 33 heavy (non-hydrogen) atoms. The molecule has 11 heteroatoms. The Bertz CT molecular complexity index is 1380. The molecule has 0 bridgehead atoms. The number of hydrogen-bond acceptors (Lipinski definition) is 6. The Labute approximate surface area is 198 Å². The van der Waals surface area contributed by atoms with Gasteiger partial charge in [0.05, 0.1) is 10.6 Å². The van der Waals surface area contributed by atoms with E-state index in [1.165, 1.54) is 6.07 Å². The molecule has 174 valence electrons. The van der Waals surface area contributed by atoms with Gasteiger partial charge in [0.15, 0.2) is 0 Å². The minimum atomic E-state index is -4.01. The standard InChI is InChI=1S/C22H23N3O5S3/c26-22(23-24-32(27,28)15-16-6-2-1-3-7-16)21-13-19(31)14-25(21)33(29,30)20-11-10-17-8-4-5-9-18(17)12-20/h1-12,19,21,24,31H,13-15H2,(H,23,26)/t19-,21+/m1/s1. The normalized spacial score (nSPS) is 19.5. The smallest absolute Gasteiger partial charge is 0.253 e. The molecule has 8 nitrogen and oxygen atoms in total. The van der Waals surface area contributed by atoms with E-state index >= 15 is 0 Å². The van der Waals surface area contributed by atoms with Crippen molar-refractivity contribution in [3.8, 4) is 0 Å². The monoisotopic (exact) mass is 505 g/mol. The molecule has 0 aliphatic carbocycles. The number of nitrogens with zero attached hydrogens (tertiary/aromatic N) is 1. The maximum atomic E-state index is 13.4. The van der Waals surface area contributed by atoms with Crippen LogP contribution >= 0.6 is 12.6 Å². The van der Waals surface area contributed by atoms with E-state index in [-0.39, 0.29) is 28.9 Å². The highest BCUT2D eigenvalue weighted by Gasteiger charge is 2.43. The van der Waals surface area contributed by atoms with Crippen molar-refractivity contribution in [2.75, 3.05) is 6.54 Å². The number of sulfonamides is 2. The molecule has 2 N–H and O–H groups in total. The van der Waals surface area contributed by atoms with Crippen molar-refractivity contribution in [1.82, 2.24) is 14.6 Å². The highest BCUT2D eigenvalue weighted by Crippen LogP contribution is 2.30. The van der Waals surface area contributed by atoms with Gasteiger partial charge in [-0.2, -0.15) is 16.9 Å². The van der Waals surface area contributed by atoms with Crippen LogP contribution in [0.3, 0.4) is 0 Å². The second kappa shape index (κ2) is 9.43. The maximum absolute atomic E-state index is 13.4. The van der Waals surface area contributed by atoms with Gasteiger partial charge < -0.3 is 0 Å². The van der Waals surface area contributed by atoms with Crippen molar-refractivity contribution in [2.24, 2.45) is 0 Å². The van der Waals surface area contributed by atoms with E-state index in [1.54, 1.807) is 42.5 Å². The molecular weight excluding hydrogens is 482 g/mol. The summed E-state index contributed by atoms with van der Waals surface area (Å²) in [7, 11) is -7.88. The van der Waals surface area contributed by atoms with Gasteiger partial charge in [0.1, 0.15) is 6.04 Å². The Hall–Kier alpha value is -2.44. The molecule has 1 aliphatic heterocycles. The first-order chi connectivity index (χ1) is 15.7. The van der Waals surface area contributed by atoms with Gasteiger partial charge in [0, 0.05) is 11.8 Å². The number of carbonyl (C=O) groups is 1. The van der Waals surface area contributed by atoms with Gasteiger partial charge in [0.2, 0.25) is 20.0 Å². The number of rotatable bonds is 7. The molecule has 0 saturated carbocycles. The Balaban J connectivity index is 1.51. The molecular formula is C22H23N3O5S3. The average Bonchev–Trinajstić information content (AvgIpc) is 3.20. The maximum Gasteiger partial charge on any atom is 0.253 e. The summed E-state index contributed by atoms with van der Waals surface area (Å²) in [6, 6.07) is 19.6. The van der Waals surface area contributed by atoms with E-state index in [0.29, 0.717) is 5.56 Å². The summed E-state index contributed by atoms with van der Waals surface area (Å²) in [5.74, 6) is -1.08. The summed E-state index contributed by atoms with van der Waals surface area (Å²) in [4.78, 5) is 14.9. The van der Waals surface area contributed by atoms with E-state index in [4.69, 9.17) is 0 Å². The fraction of sp³-hybridized carbons (Fsp3) is 0.227. The highest BCUT2D eigenvalue weighted by atomic mass is 32.2. The third-order valence-corrected chi connectivity index (χ3v) is 8.76. The van der Waals surface area contributed by atoms with E-state index in [1.807, 2.05) is 24.3 Å². The van der Waals surface area contributed by atoms with Gasteiger partial charge in [0.25, 0.3) is 5.91 Å². The molecule has 2 atom stereocenters. The zero-order valence-electron chi connectivity index (χ0n) is 17.5. The first-order valence-corrected chi connectivity index (χ1v) is 13.8. The average molecular weight is 506 g/mol. The molecule has 0 spiro atoms. The largest absolute Gasteiger partial charge is 0.277 e. The third kappa shape index (κ3) is 5.39. The molecule has 0 unspecified atom stereocenters. The lowest BCUT2D eigenvalue weighted by molar-refractivity contribution is -0.124. The zero-order chi connectivity index (χ0) is 23.6. The first kappa shape index (κ1) is 23.7. The van der Waals surface area contributed by atoms with Gasteiger partial charge in [-0.05, 0) is 34.9 Å². The Morgan fingerprint density at radius 1 is 0.939 bits per heavy atom. The molecule has 3 aromatic carbocycles. The van der Waals surface area contributed by atoms with Crippen LogP contribution < -0.4 is 10.3 Å². The Morgan fingerprint density at radius 3 is 2.33 bits per heavy atom. The van der Waals surface area contributed by atoms with Gasteiger partial charge in [-0.15, -0.1) is 4.83 Å². The predicted molar refractivity (Wildman–Crippen MR) is 129 cm³/mol. The molecule has 1 aliphatic rings. The van der Waals surface area contributed by atoms with Crippen LogP contribution in [0.15, 0.2) is 77.7 Å². The molecule has 0 radical (unpaired) electrons. The zero-order valence-corrected chi connectivity index (χ0v) is 20.0. The second-order valence-corrected chi connectivity index (χ2v) is 12.2. The number of carbonyl (C=O) groups excluding carboxylic acids is 1. The SMILES string of the molecule is O=C(NNS(=O)(=O)Cc1ccccc1)[C@@H]1C[C@@H](S)CN1S(=O)(=O)c1ccc2ccccc2c1. The summed E-state index contributed by atoms with van der Waals surface area (Å²) in [5.41, 5.74) is 2.72. The number of hydrogen-bond donors (Lipinski definition) is 3. The van der Waals surface area contributed by atoms with Crippen LogP contribution in [0.2, 0.25) is 0 Å². The number of fused-ring (bicyclic) bond motifs is 1. The van der Waals surface area contributed by atoms with Gasteiger partial charge in [-0.1, -0.05) is 60.7 Å². The summed E-state index contributed by atoms with van der Waals surface area (Å²) in [6.45, 7) is 0.0348. The second-order valence-electron chi connectivity index (χ2n) is 7.83. The summed E-state index contributed by atoms with van der Waals surface area (Å²) >= 11 is 4.38. The van der Waals surface area contributed by atoms with Crippen LogP contribution in [0.25, 0.3) is 10.8 Å². The number of thiol groups is 1. The molecule has 0 aromatic heterocycles. The molecule has 1 amide bonds. The molecule has 4 rings (SSSR count). The van der Waals surface area contributed by atoms with Crippen LogP contribution in [0.4, 0.5) is 0 Å². The summed E-state index contributed by atoms with van der Waals surface area (Å²) < 4.78 is 52.5. The van der Waals surface area contributed by atoms with E-state index < -0.39 is 32.0 Å². The lowest BCUT2D eigenvalue weighted by Gasteiger charge is -2.23. The van der Waals surface area contributed by atoms with Crippen molar-refractivity contribution in [3.05, 3.63) is 78.4 Å². The number of nitrogens with one attached hydrogen (secondary N) is 2. The van der Waals surface area contributed by atoms with Crippen molar-refractivity contribution in [3.63, 3.8) is 0 Å². The van der Waals surface area contributed by atoms with Crippen LogP contribution in [0.5, 0.6) is 0 Å². The Morgan fingerprint density at radius 2 is 1.61 bits per heavy atom. The highest BCUT2D eigenvalue weighted by molar-refractivity contribution is 7.89. The Kier molecular flexibility index (Phi) is 6.78. The molecule has 3 aromatic rings. The van der Waals surface area contributed by atoms with Crippen LogP contribution in [-0.4, -0.2) is 44.9 Å². The summed E-state index contributed by atoms with van der Waals surface area (Å²) in [6.07, 6.45) is 0.155. The topological polar surface area (TPSA) is 113 Å². The summed E-state index contributed by atoms with van der Waals surface area (Å²) in [5, 5.41) is 1.29. The van der Waals surface area contributed by atoms with Gasteiger partial charge in [-0.3, -0.25) is 10.2 Å². The minimum absolute atomic E-state index is 0.0348. The van der Waals surface area contributed by atoms with Crippen molar-refractivity contribution in [2.45, 2.75) is 28.4 Å². The minimum Gasteiger partial charge on any atom is -0.277 e. The van der Waals surface area contributed by atoms with Gasteiger partial charge >= 0.3 is 0 Å². The van der Waals surface area contributed by atoms with Crippen LogP contribution in [0.1, 0.15) is 12.0 Å². The van der Waals surface area contributed by atoms with E-state index in [2.05, 4.69) is 22.9 Å². The predicted octanol–water partition coefficient (Wildman–Crippen LogP) is 2.05. The fourth-order valence-corrected chi connectivity index (χ4v) is 6.92. The van der Waals surface area contributed by atoms with Crippen molar-refractivity contribution in [1.29, 1.82) is 0 Å². The number of hydrazine groups is 1. The first-order valence-electron chi connectivity index (χ1n) is 10.2. The lowest BCUT2D eigenvalue weighted by Crippen LogP contribution is -2.51. The third-order valence-electron chi connectivity index (χ3n) is 5.39. The molecule has 1 saturated heterocycles. The van der Waals surface area contributed by atoms with E-state index in [0.717, 1.165) is 15.1 Å². The van der Waals surface area contributed by atoms with E-state index in [9.17, 15) is 21.6 Å². The molecule has 1 fully saturated rings. The van der Waals surface area contributed by atoms with Crippen LogP contribution in [-0.2, 0) is 30.6 Å². The van der Waals surface area contributed by atoms with Crippen LogP contribution in [0, 0.1) is 0 Å². The fourth-order valence-electron chi connectivity index (χ4n) is 3.79. The van der Waals surface area contributed by atoms with Gasteiger partial charge in [-0.25, -0.2) is 16.8 Å². The molecule has 1 heterocycles. The lowest BCUT2D eigenvalue weighted by atomic mass is 10.1. The van der Waals surface area contributed by atoms with Crippen molar-refractivity contribution >= 4 is 49.4 Å². The number of amides is 1. The van der Waals surface area contributed by atoms with Crippen molar-refractivity contribution < 1.29 is 21.6 Å². The number of benzene rings is 3. The quantitative estimate of drug-likeness (QED) is 0.336.